The predicted octanol–water partition coefficient (Wildman–Crippen LogP) is 0.263. The summed E-state index contributed by atoms with van der Waals surface area (Å²) < 4.78 is 0. The van der Waals surface area contributed by atoms with Crippen molar-refractivity contribution in [2.24, 2.45) is 0 Å². The number of hydrogen-bond acceptors (Lipinski definition) is 4. The molecule has 0 aliphatic carbocycles. The Bertz CT molecular complexity index is 258. The van der Waals surface area contributed by atoms with Gasteiger partial charge >= 0.3 is 5.97 Å². The van der Waals surface area contributed by atoms with E-state index in [1.165, 1.54) is 17.5 Å². The molecule has 0 aromatic carbocycles. The minimum absolute atomic E-state index is 0.0162. The molecule has 0 saturated heterocycles. The third-order valence-electron chi connectivity index (χ3n) is 1.06. The van der Waals surface area contributed by atoms with Crippen LogP contribution in [0, 0.1) is 0 Å². The van der Waals surface area contributed by atoms with Crippen molar-refractivity contribution < 1.29 is 15.0 Å². The SMILES string of the molecule is O=C(O)Cc1cnc(CO)s1. The number of nitrogens with zero attached hydrogens (tertiary/aromatic N) is 1. The van der Waals surface area contributed by atoms with Crippen LogP contribution in [0.1, 0.15) is 9.88 Å². The molecule has 2 N–H and O–H groups in total. The molecule has 0 aliphatic rings. The van der Waals surface area contributed by atoms with Crippen LogP contribution in [0.25, 0.3) is 0 Å². The zero-order valence-electron chi connectivity index (χ0n) is 5.65. The fourth-order valence-electron chi connectivity index (χ4n) is 0.652. The average Bonchev–Trinajstić information content (AvgIpc) is 2.34. The van der Waals surface area contributed by atoms with E-state index in [0.717, 1.165) is 0 Å². The summed E-state index contributed by atoms with van der Waals surface area (Å²) in [6, 6.07) is 0. The third kappa shape index (κ3) is 2.28. The summed E-state index contributed by atoms with van der Waals surface area (Å²) >= 11 is 1.22. The fourth-order valence-corrected chi connectivity index (χ4v) is 1.43. The Balaban J connectivity index is 2.65. The number of aromatic nitrogens is 1. The molecule has 0 bridgehead atoms. The summed E-state index contributed by atoms with van der Waals surface area (Å²) in [5.41, 5.74) is 0. The molecule has 0 aliphatic heterocycles. The minimum Gasteiger partial charge on any atom is -0.481 e. The molecule has 60 valence electrons. The third-order valence-corrected chi connectivity index (χ3v) is 2.04. The molecule has 1 heterocycles. The molecule has 1 aromatic rings. The van der Waals surface area contributed by atoms with Crippen LogP contribution in [0.4, 0.5) is 0 Å². The monoisotopic (exact) mass is 173 g/mol. The molecule has 0 atom stereocenters. The van der Waals surface area contributed by atoms with E-state index in [0.29, 0.717) is 9.88 Å². The molecule has 0 spiro atoms. The molecule has 11 heavy (non-hydrogen) atoms. The largest absolute Gasteiger partial charge is 0.481 e. The standard InChI is InChI=1S/C6H7NO3S/c8-3-5-7-2-4(11-5)1-6(9)10/h2,8H,1,3H2,(H,9,10). The van der Waals surface area contributed by atoms with Gasteiger partial charge in [-0.25, -0.2) is 4.98 Å². The molecule has 0 unspecified atom stereocenters. The van der Waals surface area contributed by atoms with Gasteiger partial charge < -0.3 is 10.2 Å². The maximum atomic E-state index is 10.2. The summed E-state index contributed by atoms with van der Waals surface area (Å²) in [4.78, 5) is 14.6. The first-order valence-corrected chi connectivity index (χ1v) is 3.80. The van der Waals surface area contributed by atoms with Crippen LogP contribution in [0.3, 0.4) is 0 Å². The highest BCUT2D eigenvalue weighted by molar-refractivity contribution is 7.11. The number of carboxylic acid groups (broad SMARTS) is 1. The van der Waals surface area contributed by atoms with E-state index >= 15 is 0 Å². The quantitative estimate of drug-likeness (QED) is 0.688. The predicted molar refractivity (Wildman–Crippen MR) is 39.4 cm³/mol. The van der Waals surface area contributed by atoms with E-state index in [4.69, 9.17) is 10.2 Å². The number of aliphatic hydroxyl groups excluding tert-OH is 1. The summed E-state index contributed by atoms with van der Waals surface area (Å²) in [6.45, 7) is -0.121. The zero-order valence-corrected chi connectivity index (χ0v) is 6.47. The molecule has 5 heteroatoms. The van der Waals surface area contributed by atoms with Crippen LogP contribution >= 0.6 is 11.3 Å². The number of carboxylic acids is 1. The summed E-state index contributed by atoms with van der Waals surface area (Å²) in [7, 11) is 0. The smallest absolute Gasteiger partial charge is 0.308 e. The van der Waals surface area contributed by atoms with E-state index in [1.807, 2.05) is 0 Å². The topological polar surface area (TPSA) is 70.4 Å². The molecule has 1 aromatic heterocycles. The Morgan fingerprint density at radius 3 is 2.91 bits per heavy atom. The van der Waals surface area contributed by atoms with Crippen molar-refractivity contribution >= 4 is 17.3 Å². The van der Waals surface area contributed by atoms with Gasteiger partial charge in [0.05, 0.1) is 13.0 Å². The lowest BCUT2D eigenvalue weighted by Gasteiger charge is -1.85. The second-order valence-electron chi connectivity index (χ2n) is 1.95. The molecule has 1 rings (SSSR count). The number of thiazole rings is 1. The summed E-state index contributed by atoms with van der Waals surface area (Å²) in [5.74, 6) is -0.877. The van der Waals surface area contributed by atoms with E-state index in [-0.39, 0.29) is 13.0 Å². The molecular formula is C6H7NO3S. The summed E-state index contributed by atoms with van der Waals surface area (Å²) in [6.07, 6.45) is 1.46. The maximum Gasteiger partial charge on any atom is 0.308 e. The zero-order chi connectivity index (χ0) is 8.27. The lowest BCUT2D eigenvalue weighted by Crippen LogP contribution is -1.97. The normalized spacial score (nSPS) is 9.91. The van der Waals surface area contributed by atoms with E-state index in [1.54, 1.807) is 0 Å². The van der Waals surface area contributed by atoms with Crippen LogP contribution in [-0.4, -0.2) is 21.2 Å². The number of aliphatic carboxylic acids is 1. The number of hydrogen-bond donors (Lipinski definition) is 2. The van der Waals surface area contributed by atoms with Crippen molar-refractivity contribution in [3.05, 3.63) is 16.1 Å². The van der Waals surface area contributed by atoms with Crippen molar-refractivity contribution in [2.75, 3.05) is 0 Å². The van der Waals surface area contributed by atoms with Gasteiger partial charge in [-0.05, 0) is 0 Å². The molecule has 0 saturated carbocycles. The van der Waals surface area contributed by atoms with Gasteiger partial charge in [-0.3, -0.25) is 4.79 Å². The van der Waals surface area contributed by atoms with Gasteiger partial charge in [0.15, 0.2) is 0 Å². The highest BCUT2D eigenvalue weighted by Gasteiger charge is 2.04. The highest BCUT2D eigenvalue weighted by Crippen LogP contribution is 2.12. The van der Waals surface area contributed by atoms with Crippen molar-refractivity contribution in [3.8, 4) is 0 Å². The number of aliphatic hydroxyl groups is 1. The number of rotatable bonds is 3. The minimum atomic E-state index is -0.877. The molecule has 0 fully saturated rings. The number of carbonyl (C=O) groups is 1. The first-order valence-electron chi connectivity index (χ1n) is 2.98. The second kappa shape index (κ2) is 3.45. The Morgan fingerprint density at radius 2 is 2.45 bits per heavy atom. The van der Waals surface area contributed by atoms with Crippen molar-refractivity contribution in [1.82, 2.24) is 4.98 Å². The van der Waals surface area contributed by atoms with Crippen LogP contribution in [0.15, 0.2) is 6.20 Å². The van der Waals surface area contributed by atoms with Gasteiger partial charge in [0.2, 0.25) is 0 Å². The van der Waals surface area contributed by atoms with Gasteiger partial charge in [-0.15, -0.1) is 11.3 Å². The maximum absolute atomic E-state index is 10.2. The second-order valence-corrected chi connectivity index (χ2v) is 3.15. The first-order chi connectivity index (χ1) is 5.22. The molecule has 0 radical (unpaired) electrons. The Hall–Kier alpha value is -0.940. The Labute approximate surface area is 67.1 Å². The van der Waals surface area contributed by atoms with Crippen LogP contribution < -0.4 is 0 Å². The average molecular weight is 173 g/mol. The molecular weight excluding hydrogens is 166 g/mol. The van der Waals surface area contributed by atoms with Gasteiger partial charge in [0.1, 0.15) is 5.01 Å². The van der Waals surface area contributed by atoms with E-state index < -0.39 is 5.97 Å². The lowest BCUT2D eigenvalue weighted by atomic mass is 10.4. The van der Waals surface area contributed by atoms with E-state index in [9.17, 15) is 4.79 Å². The van der Waals surface area contributed by atoms with Crippen molar-refractivity contribution in [3.63, 3.8) is 0 Å². The van der Waals surface area contributed by atoms with E-state index in [2.05, 4.69) is 4.98 Å². The summed E-state index contributed by atoms with van der Waals surface area (Å²) in [5, 5.41) is 17.5. The Kier molecular flexibility index (Phi) is 2.56. The van der Waals surface area contributed by atoms with Gasteiger partial charge in [0, 0.05) is 11.1 Å². The van der Waals surface area contributed by atoms with Crippen LogP contribution in [0.5, 0.6) is 0 Å². The van der Waals surface area contributed by atoms with Crippen molar-refractivity contribution in [1.29, 1.82) is 0 Å². The molecule has 4 nitrogen and oxygen atoms in total. The van der Waals surface area contributed by atoms with Gasteiger partial charge in [-0.1, -0.05) is 0 Å². The van der Waals surface area contributed by atoms with Gasteiger partial charge in [-0.2, -0.15) is 0 Å². The lowest BCUT2D eigenvalue weighted by molar-refractivity contribution is -0.136. The Morgan fingerprint density at radius 1 is 1.73 bits per heavy atom. The highest BCUT2D eigenvalue weighted by atomic mass is 32.1. The van der Waals surface area contributed by atoms with Crippen molar-refractivity contribution in [2.45, 2.75) is 13.0 Å². The van der Waals surface area contributed by atoms with Crippen LogP contribution in [-0.2, 0) is 17.8 Å². The molecule has 0 amide bonds. The first kappa shape index (κ1) is 8.16. The van der Waals surface area contributed by atoms with Crippen LogP contribution in [0.2, 0.25) is 0 Å². The fraction of sp³-hybridized carbons (Fsp3) is 0.333. The van der Waals surface area contributed by atoms with Gasteiger partial charge in [0.25, 0.3) is 0 Å².